The van der Waals surface area contributed by atoms with Gasteiger partial charge in [0.1, 0.15) is 18.1 Å². The van der Waals surface area contributed by atoms with Crippen molar-refractivity contribution in [2.24, 2.45) is 0 Å². The van der Waals surface area contributed by atoms with E-state index < -0.39 is 0 Å². The van der Waals surface area contributed by atoms with Crippen molar-refractivity contribution in [3.63, 3.8) is 0 Å². The summed E-state index contributed by atoms with van der Waals surface area (Å²) >= 11 is 5.24. The van der Waals surface area contributed by atoms with E-state index in [0.717, 1.165) is 0 Å². The van der Waals surface area contributed by atoms with Crippen molar-refractivity contribution < 1.29 is 19.0 Å². The van der Waals surface area contributed by atoms with Gasteiger partial charge in [0.2, 0.25) is 0 Å². The highest BCUT2D eigenvalue weighted by molar-refractivity contribution is 7.80. The largest absolute Gasteiger partial charge is 0.492 e. The van der Waals surface area contributed by atoms with E-state index in [-0.39, 0.29) is 11.0 Å². The molecule has 7 heteroatoms. The number of nitrogens with one attached hydrogen (secondary N) is 2. The Morgan fingerprint density at radius 2 is 1.81 bits per heavy atom. The highest BCUT2D eigenvalue weighted by Gasteiger charge is 2.11. The molecule has 2 aromatic carbocycles. The van der Waals surface area contributed by atoms with Gasteiger partial charge < -0.3 is 19.5 Å². The molecule has 0 spiro atoms. The number of carbonyl (C=O) groups is 1. The van der Waals surface area contributed by atoms with Crippen LogP contribution in [0.2, 0.25) is 0 Å². The average Bonchev–Trinajstić information content (AvgIpc) is 2.67. The number of para-hydroxylation sites is 2. The van der Waals surface area contributed by atoms with E-state index in [4.69, 9.17) is 26.4 Å². The molecule has 0 atom stereocenters. The molecule has 0 radical (unpaired) electrons. The molecule has 0 aliphatic carbocycles. The average molecular weight is 388 g/mol. The first kappa shape index (κ1) is 20.7. The Labute approximate surface area is 164 Å². The lowest BCUT2D eigenvalue weighted by Crippen LogP contribution is -2.34. The summed E-state index contributed by atoms with van der Waals surface area (Å²) in [5.74, 6) is 0.945. The Morgan fingerprint density at radius 1 is 1.00 bits per heavy atom. The second kappa shape index (κ2) is 11.2. The minimum atomic E-state index is -0.323. The zero-order chi connectivity index (χ0) is 19.5. The highest BCUT2D eigenvalue weighted by Crippen LogP contribution is 2.23. The number of rotatable bonds is 9. The topological polar surface area (TPSA) is 68.8 Å². The van der Waals surface area contributed by atoms with Gasteiger partial charge in [-0.3, -0.25) is 10.1 Å². The summed E-state index contributed by atoms with van der Waals surface area (Å²) in [5, 5.41) is 5.84. The van der Waals surface area contributed by atoms with Crippen LogP contribution in [0.25, 0.3) is 0 Å². The second-order valence-corrected chi connectivity index (χ2v) is 5.82. The van der Waals surface area contributed by atoms with Crippen LogP contribution in [0, 0.1) is 0 Å². The Bertz CT molecular complexity index is 767. The number of ether oxygens (including phenoxy) is 3. The summed E-state index contributed by atoms with van der Waals surface area (Å²) in [4.78, 5) is 12.4. The van der Waals surface area contributed by atoms with Gasteiger partial charge in [-0.1, -0.05) is 18.2 Å². The number of hydrogen-bond acceptors (Lipinski definition) is 5. The third-order valence-corrected chi connectivity index (χ3v) is 3.66. The third-order valence-electron chi connectivity index (χ3n) is 3.46. The summed E-state index contributed by atoms with van der Waals surface area (Å²) in [5.41, 5.74) is 1.14. The van der Waals surface area contributed by atoms with Gasteiger partial charge in [-0.25, -0.2) is 0 Å². The van der Waals surface area contributed by atoms with Crippen molar-refractivity contribution in [2.45, 2.75) is 13.8 Å². The molecule has 0 aliphatic rings. The molecule has 0 fully saturated rings. The Balaban J connectivity index is 1.93. The molecule has 0 unspecified atom stereocenters. The van der Waals surface area contributed by atoms with E-state index in [1.807, 2.05) is 38.1 Å². The van der Waals surface area contributed by atoms with Crippen molar-refractivity contribution in [3.8, 4) is 11.5 Å². The monoisotopic (exact) mass is 388 g/mol. The van der Waals surface area contributed by atoms with E-state index in [1.54, 1.807) is 24.3 Å². The van der Waals surface area contributed by atoms with Gasteiger partial charge in [0.15, 0.2) is 5.11 Å². The smallest absolute Gasteiger partial charge is 0.257 e. The minimum Gasteiger partial charge on any atom is -0.492 e. The molecule has 0 aliphatic heterocycles. The van der Waals surface area contributed by atoms with Gasteiger partial charge in [0, 0.05) is 12.2 Å². The van der Waals surface area contributed by atoms with Crippen molar-refractivity contribution in [1.29, 1.82) is 0 Å². The summed E-state index contributed by atoms with van der Waals surface area (Å²) in [6, 6.07) is 14.3. The van der Waals surface area contributed by atoms with Crippen LogP contribution in [0.3, 0.4) is 0 Å². The molecule has 2 N–H and O–H groups in total. The SMILES string of the molecule is CCOCCOc1cccc(C(=O)NC(=S)Nc2ccccc2OCC)c1. The standard InChI is InChI=1S/C20H24N2O4S/c1-3-24-12-13-26-16-9-7-8-15(14-16)19(23)22-20(27)21-17-10-5-6-11-18(17)25-4-2/h5-11,14H,3-4,12-13H2,1-2H3,(H2,21,22,23,27). The first-order valence-corrected chi connectivity index (χ1v) is 9.19. The van der Waals surface area contributed by atoms with Gasteiger partial charge in [-0.15, -0.1) is 0 Å². The van der Waals surface area contributed by atoms with Crippen LogP contribution in [0.1, 0.15) is 24.2 Å². The Morgan fingerprint density at radius 3 is 2.59 bits per heavy atom. The molecule has 144 valence electrons. The number of benzene rings is 2. The van der Waals surface area contributed by atoms with E-state index in [1.165, 1.54) is 0 Å². The number of carbonyl (C=O) groups excluding carboxylic acids is 1. The number of hydrogen-bond donors (Lipinski definition) is 2. The molecule has 0 bridgehead atoms. The molecule has 0 aromatic heterocycles. The maximum Gasteiger partial charge on any atom is 0.257 e. The molecule has 2 aromatic rings. The zero-order valence-corrected chi connectivity index (χ0v) is 16.3. The van der Waals surface area contributed by atoms with Crippen LogP contribution >= 0.6 is 12.2 Å². The first-order chi connectivity index (χ1) is 13.1. The fourth-order valence-electron chi connectivity index (χ4n) is 2.27. The normalized spacial score (nSPS) is 10.1. The predicted octanol–water partition coefficient (Wildman–Crippen LogP) is 3.63. The van der Waals surface area contributed by atoms with Crippen molar-refractivity contribution >= 4 is 28.9 Å². The molecule has 0 heterocycles. The molecule has 6 nitrogen and oxygen atoms in total. The Hall–Kier alpha value is -2.64. The zero-order valence-electron chi connectivity index (χ0n) is 15.5. The Kier molecular flexibility index (Phi) is 8.54. The van der Waals surface area contributed by atoms with Crippen LogP contribution in [0.5, 0.6) is 11.5 Å². The summed E-state index contributed by atoms with van der Waals surface area (Å²) in [6.07, 6.45) is 0. The number of thiocarbonyl (C=S) groups is 1. The lowest BCUT2D eigenvalue weighted by molar-refractivity contribution is 0.0976. The second-order valence-electron chi connectivity index (χ2n) is 5.41. The lowest BCUT2D eigenvalue weighted by Gasteiger charge is -2.14. The van der Waals surface area contributed by atoms with Gasteiger partial charge >= 0.3 is 0 Å². The molecule has 27 heavy (non-hydrogen) atoms. The number of anilines is 1. The third kappa shape index (κ3) is 6.88. The van der Waals surface area contributed by atoms with E-state index >= 15 is 0 Å². The van der Waals surface area contributed by atoms with Crippen molar-refractivity contribution in [1.82, 2.24) is 5.32 Å². The highest BCUT2D eigenvalue weighted by atomic mass is 32.1. The summed E-state index contributed by atoms with van der Waals surface area (Å²) in [6.45, 7) is 5.93. The van der Waals surface area contributed by atoms with E-state index in [9.17, 15) is 4.79 Å². The fourth-order valence-corrected chi connectivity index (χ4v) is 2.47. The summed E-state index contributed by atoms with van der Waals surface area (Å²) < 4.78 is 16.3. The quantitative estimate of drug-likeness (QED) is 0.505. The fraction of sp³-hybridized carbons (Fsp3) is 0.300. The van der Waals surface area contributed by atoms with Gasteiger partial charge in [0.25, 0.3) is 5.91 Å². The maximum atomic E-state index is 12.4. The molecule has 2 rings (SSSR count). The van der Waals surface area contributed by atoms with E-state index in [0.29, 0.717) is 49.2 Å². The molecular formula is C20H24N2O4S. The lowest BCUT2D eigenvalue weighted by atomic mass is 10.2. The maximum absolute atomic E-state index is 12.4. The molecular weight excluding hydrogens is 364 g/mol. The molecule has 0 saturated heterocycles. The van der Waals surface area contributed by atoms with Crippen molar-refractivity contribution in [2.75, 3.05) is 31.7 Å². The van der Waals surface area contributed by atoms with Gasteiger partial charge in [0.05, 0.1) is 18.9 Å². The van der Waals surface area contributed by atoms with Crippen LogP contribution in [0.15, 0.2) is 48.5 Å². The van der Waals surface area contributed by atoms with Crippen LogP contribution in [-0.4, -0.2) is 37.4 Å². The van der Waals surface area contributed by atoms with Crippen molar-refractivity contribution in [3.05, 3.63) is 54.1 Å². The van der Waals surface area contributed by atoms with Crippen LogP contribution in [0.4, 0.5) is 5.69 Å². The van der Waals surface area contributed by atoms with Gasteiger partial charge in [-0.05, 0) is 56.4 Å². The number of amides is 1. The minimum absolute atomic E-state index is 0.190. The van der Waals surface area contributed by atoms with Crippen LogP contribution < -0.4 is 20.1 Å². The van der Waals surface area contributed by atoms with Crippen LogP contribution in [-0.2, 0) is 4.74 Å². The predicted molar refractivity (Wildman–Crippen MR) is 110 cm³/mol. The molecule has 0 saturated carbocycles. The summed E-state index contributed by atoms with van der Waals surface area (Å²) in [7, 11) is 0. The first-order valence-electron chi connectivity index (χ1n) is 8.78. The molecule has 1 amide bonds. The van der Waals surface area contributed by atoms with E-state index in [2.05, 4.69) is 10.6 Å². The van der Waals surface area contributed by atoms with Gasteiger partial charge in [-0.2, -0.15) is 0 Å².